The predicted molar refractivity (Wildman–Crippen MR) is 77.8 cm³/mol. The number of nitrogens with zero attached hydrogens (tertiary/aromatic N) is 1. The highest BCUT2D eigenvalue weighted by Gasteiger charge is 2.48. The maximum Gasteiger partial charge on any atom is 0.226 e. The van der Waals surface area contributed by atoms with Gasteiger partial charge in [0.2, 0.25) is 11.8 Å². The number of carbonyl (C=O) groups excluding carboxylic acids is 2. The average Bonchev–Trinajstić information content (AvgIpc) is 3.27. The van der Waals surface area contributed by atoms with E-state index in [1.54, 1.807) is 4.90 Å². The minimum absolute atomic E-state index is 0.000593. The number of nitrogens with one attached hydrogen (secondary N) is 1. The van der Waals surface area contributed by atoms with Crippen molar-refractivity contribution in [2.45, 2.75) is 26.8 Å². The Kier molecular flexibility index (Phi) is 4.77. The van der Waals surface area contributed by atoms with E-state index in [1.807, 2.05) is 44.2 Å². The normalized spacial score (nSPS) is 20.3. The van der Waals surface area contributed by atoms with Crippen molar-refractivity contribution >= 4 is 11.8 Å². The van der Waals surface area contributed by atoms with E-state index in [0.717, 1.165) is 5.56 Å². The van der Waals surface area contributed by atoms with Gasteiger partial charge in [-0.15, -0.1) is 0 Å². The largest absolute Gasteiger partial charge is 0.352 e. The van der Waals surface area contributed by atoms with Gasteiger partial charge in [0.1, 0.15) is 0 Å². The fourth-order valence-corrected chi connectivity index (χ4v) is 2.44. The summed E-state index contributed by atoms with van der Waals surface area (Å²) in [6.45, 7) is 5.89. The molecule has 4 heteroatoms. The second-order valence-electron chi connectivity index (χ2n) is 5.16. The molecule has 1 aromatic carbocycles. The van der Waals surface area contributed by atoms with Crippen LogP contribution in [0, 0.1) is 11.8 Å². The van der Waals surface area contributed by atoms with Crippen LogP contribution in [0.4, 0.5) is 0 Å². The fourth-order valence-electron chi connectivity index (χ4n) is 2.44. The zero-order valence-electron chi connectivity index (χ0n) is 12.1. The molecular formula is C16H22N2O2. The molecule has 0 aromatic heterocycles. The Morgan fingerprint density at radius 2 is 1.80 bits per heavy atom. The summed E-state index contributed by atoms with van der Waals surface area (Å²) >= 11 is 0. The Bertz CT molecular complexity index is 469. The molecule has 1 fully saturated rings. The second kappa shape index (κ2) is 6.55. The molecule has 1 aromatic rings. The first-order chi connectivity index (χ1) is 9.67. The number of hydrogen-bond donors (Lipinski definition) is 1. The monoisotopic (exact) mass is 274 g/mol. The number of amides is 2. The number of carbonyl (C=O) groups is 2. The lowest BCUT2D eigenvalue weighted by Gasteiger charge is -2.18. The van der Waals surface area contributed by atoms with Crippen LogP contribution in [0.25, 0.3) is 0 Å². The standard InChI is InChI=1S/C16H22N2O2/c1-3-18(4-2)16(20)14-10-13(14)15(19)17-11-12-8-6-5-7-9-12/h5-9,13-14H,3-4,10-11H2,1-2H3,(H,17,19). The first kappa shape index (κ1) is 14.6. The molecule has 0 aliphatic heterocycles. The van der Waals surface area contributed by atoms with Gasteiger partial charge >= 0.3 is 0 Å². The van der Waals surface area contributed by atoms with Crippen LogP contribution in [0.15, 0.2) is 30.3 Å². The van der Waals surface area contributed by atoms with Gasteiger partial charge < -0.3 is 10.2 Å². The lowest BCUT2D eigenvalue weighted by atomic mass is 10.2. The Labute approximate surface area is 120 Å². The molecule has 0 saturated heterocycles. The summed E-state index contributed by atoms with van der Waals surface area (Å²) in [6.07, 6.45) is 0.690. The van der Waals surface area contributed by atoms with Gasteiger partial charge in [-0.3, -0.25) is 9.59 Å². The van der Waals surface area contributed by atoms with Crippen molar-refractivity contribution in [1.82, 2.24) is 10.2 Å². The Hall–Kier alpha value is -1.84. The van der Waals surface area contributed by atoms with E-state index >= 15 is 0 Å². The SMILES string of the molecule is CCN(CC)C(=O)C1CC1C(=O)NCc1ccccc1. The van der Waals surface area contributed by atoms with E-state index < -0.39 is 0 Å². The summed E-state index contributed by atoms with van der Waals surface area (Å²) in [4.78, 5) is 25.9. The first-order valence-electron chi connectivity index (χ1n) is 7.27. The van der Waals surface area contributed by atoms with E-state index in [0.29, 0.717) is 26.1 Å². The van der Waals surface area contributed by atoms with E-state index in [2.05, 4.69) is 5.32 Å². The van der Waals surface area contributed by atoms with Crippen molar-refractivity contribution in [3.63, 3.8) is 0 Å². The molecule has 1 aliphatic carbocycles. The van der Waals surface area contributed by atoms with E-state index in [1.165, 1.54) is 0 Å². The van der Waals surface area contributed by atoms with E-state index in [4.69, 9.17) is 0 Å². The lowest BCUT2D eigenvalue weighted by Crippen LogP contribution is -2.34. The van der Waals surface area contributed by atoms with Crippen LogP contribution < -0.4 is 5.32 Å². The Morgan fingerprint density at radius 3 is 2.40 bits per heavy atom. The summed E-state index contributed by atoms with van der Waals surface area (Å²) in [5.74, 6) is -0.119. The summed E-state index contributed by atoms with van der Waals surface area (Å²) < 4.78 is 0. The van der Waals surface area contributed by atoms with Gasteiger partial charge in [0.25, 0.3) is 0 Å². The van der Waals surface area contributed by atoms with Crippen LogP contribution >= 0.6 is 0 Å². The zero-order valence-corrected chi connectivity index (χ0v) is 12.1. The van der Waals surface area contributed by atoms with Gasteiger partial charge in [0, 0.05) is 19.6 Å². The number of rotatable bonds is 6. The van der Waals surface area contributed by atoms with Crippen LogP contribution in [-0.2, 0) is 16.1 Å². The molecule has 1 aliphatic rings. The molecule has 0 spiro atoms. The van der Waals surface area contributed by atoms with Crippen LogP contribution in [-0.4, -0.2) is 29.8 Å². The molecule has 2 unspecified atom stereocenters. The van der Waals surface area contributed by atoms with Crippen molar-refractivity contribution in [3.05, 3.63) is 35.9 Å². The van der Waals surface area contributed by atoms with Crippen molar-refractivity contribution in [1.29, 1.82) is 0 Å². The third kappa shape index (κ3) is 3.38. The molecule has 108 valence electrons. The minimum atomic E-state index is -0.133. The molecule has 2 rings (SSSR count). The summed E-state index contributed by atoms with van der Waals surface area (Å²) in [6, 6.07) is 9.80. The molecule has 0 radical (unpaired) electrons. The molecule has 20 heavy (non-hydrogen) atoms. The molecule has 0 bridgehead atoms. The van der Waals surface area contributed by atoms with Gasteiger partial charge in [-0.2, -0.15) is 0 Å². The number of hydrogen-bond acceptors (Lipinski definition) is 2. The average molecular weight is 274 g/mol. The van der Waals surface area contributed by atoms with Crippen molar-refractivity contribution < 1.29 is 9.59 Å². The highest BCUT2D eigenvalue weighted by Crippen LogP contribution is 2.40. The van der Waals surface area contributed by atoms with E-state index in [9.17, 15) is 9.59 Å². The minimum Gasteiger partial charge on any atom is -0.352 e. The van der Waals surface area contributed by atoms with Gasteiger partial charge in [-0.1, -0.05) is 30.3 Å². The lowest BCUT2D eigenvalue weighted by molar-refractivity contribution is -0.134. The molecule has 2 atom stereocenters. The molecule has 4 nitrogen and oxygen atoms in total. The maximum absolute atomic E-state index is 12.1. The van der Waals surface area contributed by atoms with E-state index in [-0.39, 0.29) is 23.7 Å². The van der Waals surface area contributed by atoms with Gasteiger partial charge in [-0.05, 0) is 25.8 Å². The van der Waals surface area contributed by atoms with Crippen molar-refractivity contribution in [3.8, 4) is 0 Å². The maximum atomic E-state index is 12.1. The van der Waals surface area contributed by atoms with Gasteiger partial charge in [0.05, 0.1) is 11.8 Å². The third-order valence-corrected chi connectivity index (χ3v) is 3.83. The molecule has 0 heterocycles. The Morgan fingerprint density at radius 1 is 1.15 bits per heavy atom. The summed E-state index contributed by atoms with van der Waals surface area (Å²) in [5.41, 5.74) is 1.08. The molecule has 2 amide bonds. The molecular weight excluding hydrogens is 252 g/mol. The topological polar surface area (TPSA) is 49.4 Å². The highest BCUT2D eigenvalue weighted by molar-refractivity contribution is 5.92. The quantitative estimate of drug-likeness (QED) is 0.860. The fraction of sp³-hybridized carbons (Fsp3) is 0.500. The predicted octanol–water partition coefficient (Wildman–Crippen LogP) is 1.81. The zero-order chi connectivity index (χ0) is 14.5. The molecule has 1 saturated carbocycles. The molecule has 1 N–H and O–H groups in total. The summed E-state index contributed by atoms with van der Waals surface area (Å²) in [7, 11) is 0. The summed E-state index contributed by atoms with van der Waals surface area (Å²) in [5, 5.41) is 2.91. The first-order valence-corrected chi connectivity index (χ1v) is 7.27. The number of benzene rings is 1. The van der Waals surface area contributed by atoms with Crippen molar-refractivity contribution in [2.75, 3.05) is 13.1 Å². The van der Waals surface area contributed by atoms with Crippen LogP contribution in [0.2, 0.25) is 0 Å². The van der Waals surface area contributed by atoms with Gasteiger partial charge in [0.15, 0.2) is 0 Å². The smallest absolute Gasteiger partial charge is 0.226 e. The van der Waals surface area contributed by atoms with Gasteiger partial charge in [-0.25, -0.2) is 0 Å². The Balaban J connectivity index is 1.80. The van der Waals surface area contributed by atoms with Crippen molar-refractivity contribution in [2.24, 2.45) is 11.8 Å². The van der Waals surface area contributed by atoms with Crippen LogP contribution in [0.1, 0.15) is 25.8 Å². The third-order valence-electron chi connectivity index (χ3n) is 3.83. The van der Waals surface area contributed by atoms with Crippen LogP contribution in [0.3, 0.4) is 0 Å². The van der Waals surface area contributed by atoms with Crippen LogP contribution in [0.5, 0.6) is 0 Å². The second-order valence-corrected chi connectivity index (χ2v) is 5.16. The highest BCUT2D eigenvalue weighted by atomic mass is 16.2.